The molecule has 1 aromatic carbocycles. The van der Waals surface area contributed by atoms with Crippen LogP contribution in [0, 0.1) is 0 Å². The molecule has 72 valence electrons. The van der Waals surface area contributed by atoms with Crippen molar-refractivity contribution in [2.24, 2.45) is 0 Å². The van der Waals surface area contributed by atoms with E-state index in [9.17, 15) is 5.11 Å². The van der Waals surface area contributed by atoms with Crippen molar-refractivity contribution in [3.05, 3.63) is 35.4 Å². The number of hydrogen-bond donors (Lipinski definition) is 1. The van der Waals surface area contributed by atoms with Gasteiger partial charge in [0, 0.05) is 12.7 Å². The van der Waals surface area contributed by atoms with Crippen molar-refractivity contribution >= 4 is 0 Å². The van der Waals surface area contributed by atoms with Gasteiger partial charge in [-0.3, -0.25) is 0 Å². The van der Waals surface area contributed by atoms with Gasteiger partial charge in [0.2, 0.25) is 0 Å². The summed E-state index contributed by atoms with van der Waals surface area (Å²) in [6.45, 7) is 4.28. The maximum Gasteiger partial charge on any atom is 0.180 e. The second-order valence-electron chi connectivity index (χ2n) is 3.41. The van der Waals surface area contributed by atoms with E-state index in [1.54, 1.807) is 0 Å². The van der Waals surface area contributed by atoms with Gasteiger partial charge in [0.15, 0.2) is 6.29 Å². The molecule has 1 aromatic rings. The van der Waals surface area contributed by atoms with Crippen molar-refractivity contribution in [2.45, 2.75) is 26.1 Å². The predicted octanol–water partition coefficient (Wildman–Crippen LogP) is 2.45. The Morgan fingerprint density at radius 2 is 1.54 bits per heavy atom. The van der Waals surface area contributed by atoms with E-state index >= 15 is 0 Å². The average molecular weight is 180 g/mol. The van der Waals surface area contributed by atoms with Gasteiger partial charge in [-0.2, -0.15) is 0 Å². The van der Waals surface area contributed by atoms with Gasteiger partial charge in [-0.15, -0.1) is 0 Å². The highest BCUT2D eigenvalue weighted by atomic mass is 16.6. The van der Waals surface area contributed by atoms with Crippen molar-refractivity contribution in [3.63, 3.8) is 0 Å². The van der Waals surface area contributed by atoms with Crippen LogP contribution in [0.2, 0.25) is 0 Å². The molecule has 0 aliphatic rings. The molecule has 13 heavy (non-hydrogen) atoms. The summed E-state index contributed by atoms with van der Waals surface area (Å²) in [5.41, 5.74) is 2.07. The molecule has 0 saturated carbocycles. The summed E-state index contributed by atoms with van der Waals surface area (Å²) in [4.78, 5) is 0. The van der Waals surface area contributed by atoms with Gasteiger partial charge in [0.1, 0.15) is 0 Å². The molecule has 0 aliphatic carbocycles. The van der Waals surface area contributed by atoms with Crippen LogP contribution in [0.25, 0.3) is 0 Å². The summed E-state index contributed by atoms with van der Waals surface area (Å²) in [6, 6.07) is 7.82. The largest absolute Gasteiger partial charge is 0.364 e. The highest BCUT2D eigenvalue weighted by Crippen LogP contribution is 2.18. The number of hydrogen-bond acceptors (Lipinski definition) is 2. The lowest BCUT2D eigenvalue weighted by Crippen LogP contribution is -1.99. The molecule has 0 heterocycles. The third-order valence-electron chi connectivity index (χ3n) is 2.11. The van der Waals surface area contributed by atoms with Gasteiger partial charge >= 0.3 is 0 Å². The highest BCUT2D eigenvalue weighted by Gasteiger charge is 2.05. The highest BCUT2D eigenvalue weighted by molar-refractivity contribution is 5.25. The van der Waals surface area contributed by atoms with Crippen molar-refractivity contribution in [1.82, 2.24) is 0 Å². The monoisotopic (exact) mass is 180 g/mol. The molecule has 1 unspecified atom stereocenters. The zero-order valence-corrected chi connectivity index (χ0v) is 8.32. The third-order valence-corrected chi connectivity index (χ3v) is 2.11. The molecule has 0 amide bonds. The molecular weight excluding hydrogens is 164 g/mol. The maximum atomic E-state index is 9.34. The fourth-order valence-electron chi connectivity index (χ4n) is 1.18. The first-order chi connectivity index (χ1) is 6.15. The molecule has 1 rings (SSSR count). The van der Waals surface area contributed by atoms with Crippen LogP contribution in [0.5, 0.6) is 0 Å². The summed E-state index contributed by atoms with van der Waals surface area (Å²) in [5.74, 6) is 0.522. The fraction of sp³-hybridized carbons (Fsp3) is 0.455. The van der Waals surface area contributed by atoms with E-state index in [1.807, 2.05) is 24.3 Å². The summed E-state index contributed by atoms with van der Waals surface area (Å²) >= 11 is 0. The second kappa shape index (κ2) is 4.40. The Balaban J connectivity index is 2.81. The van der Waals surface area contributed by atoms with Crippen molar-refractivity contribution in [1.29, 1.82) is 0 Å². The van der Waals surface area contributed by atoms with Crippen molar-refractivity contribution in [2.75, 3.05) is 7.11 Å². The summed E-state index contributed by atoms with van der Waals surface area (Å²) in [5, 5.41) is 9.34. The van der Waals surface area contributed by atoms with E-state index < -0.39 is 6.29 Å². The Bertz CT molecular complexity index is 251. The SMILES string of the molecule is COC(O)c1ccc(C(C)C)cc1. The Morgan fingerprint density at radius 3 is 1.92 bits per heavy atom. The summed E-state index contributed by atoms with van der Waals surface area (Å²) in [7, 11) is 1.49. The van der Waals surface area contributed by atoms with E-state index in [0.29, 0.717) is 5.92 Å². The van der Waals surface area contributed by atoms with Crippen LogP contribution in [-0.2, 0) is 4.74 Å². The number of aliphatic hydroxyl groups excluding tert-OH is 1. The summed E-state index contributed by atoms with van der Waals surface area (Å²) in [6.07, 6.45) is -0.804. The number of methoxy groups -OCH3 is 1. The van der Waals surface area contributed by atoms with Gasteiger partial charge in [0.05, 0.1) is 0 Å². The first-order valence-electron chi connectivity index (χ1n) is 4.46. The van der Waals surface area contributed by atoms with E-state index in [0.717, 1.165) is 5.56 Å². The number of benzene rings is 1. The lowest BCUT2D eigenvalue weighted by atomic mass is 10.0. The molecule has 0 bridgehead atoms. The Kier molecular flexibility index (Phi) is 3.46. The Hall–Kier alpha value is -0.860. The lowest BCUT2D eigenvalue weighted by Gasteiger charge is -2.10. The minimum atomic E-state index is -0.804. The maximum absolute atomic E-state index is 9.34. The molecule has 0 radical (unpaired) electrons. The number of rotatable bonds is 3. The van der Waals surface area contributed by atoms with Crippen LogP contribution in [0.3, 0.4) is 0 Å². The van der Waals surface area contributed by atoms with Gasteiger partial charge in [-0.05, 0) is 11.5 Å². The zero-order valence-electron chi connectivity index (χ0n) is 8.32. The van der Waals surface area contributed by atoms with Crippen LogP contribution in [0.4, 0.5) is 0 Å². The minimum absolute atomic E-state index is 0.522. The van der Waals surface area contributed by atoms with Crippen LogP contribution < -0.4 is 0 Å². The molecular formula is C11H16O2. The lowest BCUT2D eigenvalue weighted by molar-refractivity contribution is -0.0769. The van der Waals surface area contributed by atoms with Crippen LogP contribution in [0.15, 0.2) is 24.3 Å². The van der Waals surface area contributed by atoms with Gasteiger partial charge in [-0.1, -0.05) is 38.1 Å². The molecule has 0 saturated heterocycles. The van der Waals surface area contributed by atoms with E-state index in [-0.39, 0.29) is 0 Å². The molecule has 0 aromatic heterocycles. The van der Waals surface area contributed by atoms with Gasteiger partial charge in [0.25, 0.3) is 0 Å². The predicted molar refractivity (Wildman–Crippen MR) is 52.5 cm³/mol. The first kappa shape index (κ1) is 10.2. The Labute approximate surface area is 79.2 Å². The zero-order chi connectivity index (χ0) is 9.84. The average Bonchev–Trinajstić information content (AvgIpc) is 2.17. The van der Waals surface area contributed by atoms with E-state index in [2.05, 4.69) is 13.8 Å². The minimum Gasteiger partial charge on any atom is -0.364 e. The van der Waals surface area contributed by atoms with E-state index in [4.69, 9.17) is 4.74 Å². The molecule has 1 atom stereocenters. The second-order valence-corrected chi connectivity index (χ2v) is 3.41. The van der Waals surface area contributed by atoms with Gasteiger partial charge in [-0.25, -0.2) is 0 Å². The molecule has 0 aliphatic heterocycles. The van der Waals surface area contributed by atoms with Crippen LogP contribution >= 0.6 is 0 Å². The normalized spacial score (nSPS) is 13.3. The quantitative estimate of drug-likeness (QED) is 0.724. The van der Waals surface area contributed by atoms with Crippen molar-refractivity contribution in [3.8, 4) is 0 Å². The topological polar surface area (TPSA) is 29.5 Å². The molecule has 0 spiro atoms. The molecule has 2 nitrogen and oxygen atoms in total. The Morgan fingerprint density at radius 1 is 1.08 bits per heavy atom. The van der Waals surface area contributed by atoms with Gasteiger partial charge < -0.3 is 9.84 Å². The molecule has 2 heteroatoms. The first-order valence-corrected chi connectivity index (χ1v) is 4.46. The van der Waals surface area contributed by atoms with E-state index in [1.165, 1.54) is 12.7 Å². The number of aliphatic hydroxyl groups is 1. The van der Waals surface area contributed by atoms with Crippen LogP contribution in [0.1, 0.15) is 37.2 Å². The standard InChI is InChI=1S/C11H16O2/c1-8(2)9-4-6-10(7-5-9)11(12)13-3/h4-8,11-12H,1-3H3. The fourth-order valence-corrected chi connectivity index (χ4v) is 1.18. The summed E-state index contributed by atoms with van der Waals surface area (Å²) < 4.78 is 4.79. The molecule has 1 N–H and O–H groups in total. The van der Waals surface area contributed by atoms with Crippen LogP contribution in [-0.4, -0.2) is 12.2 Å². The molecule has 0 fully saturated rings. The van der Waals surface area contributed by atoms with Crippen molar-refractivity contribution < 1.29 is 9.84 Å². The third kappa shape index (κ3) is 2.54. The number of ether oxygens (including phenoxy) is 1. The smallest absolute Gasteiger partial charge is 0.180 e.